The molecule has 0 spiro atoms. The van der Waals surface area contributed by atoms with Crippen molar-refractivity contribution in [3.8, 4) is 11.1 Å². The quantitative estimate of drug-likeness (QED) is 0.149. The van der Waals surface area contributed by atoms with Crippen molar-refractivity contribution in [1.29, 1.82) is 0 Å². The minimum absolute atomic E-state index is 1.11. The van der Waals surface area contributed by atoms with Crippen LogP contribution in [-0.2, 0) is 0 Å². The number of hydrogen-bond donors (Lipinski definition) is 0. The molecule has 0 amide bonds. The van der Waals surface area contributed by atoms with Crippen LogP contribution in [0.25, 0.3) is 86.5 Å². The maximum absolute atomic E-state index is 2.43. The van der Waals surface area contributed by atoms with Gasteiger partial charge in [0.25, 0.3) is 0 Å². The van der Waals surface area contributed by atoms with E-state index in [0.29, 0.717) is 0 Å². The minimum atomic E-state index is 1.11. The molecule has 2 heteroatoms. The van der Waals surface area contributed by atoms with Gasteiger partial charge in [0.15, 0.2) is 0 Å². The summed E-state index contributed by atoms with van der Waals surface area (Å²) in [7, 11) is 0. The summed E-state index contributed by atoms with van der Waals surface area (Å²) in [4.78, 5) is 4.83. The van der Waals surface area contributed by atoms with Crippen molar-refractivity contribution in [1.82, 2.24) is 0 Å². The summed E-state index contributed by atoms with van der Waals surface area (Å²) in [5.41, 5.74) is 9.10. The summed E-state index contributed by atoms with van der Waals surface area (Å²) in [6, 6.07) is 84.9. The van der Waals surface area contributed by atoms with Gasteiger partial charge in [-0.1, -0.05) is 164 Å². The third-order valence-electron chi connectivity index (χ3n) is 13.0. The number of nitrogens with zero attached hydrogens (tertiary/aromatic N) is 2. The highest BCUT2D eigenvalue weighted by Gasteiger charge is 2.21. The maximum Gasteiger partial charge on any atom is 0.0540 e. The van der Waals surface area contributed by atoms with Crippen molar-refractivity contribution < 1.29 is 0 Å². The lowest BCUT2D eigenvalue weighted by atomic mass is 9.93. The van der Waals surface area contributed by atoms with Gasteiger partial charge in [-0.05, 0) is 148 Å². The molecule has 0 aromatic heterocycles. The van der Waals surface area contributed by atoms with Crippen LogP contribution in [0, 0.1) is 0 Å². The molecule has 0 saturated carbocycles. The molecular weight excluding hydrogens is 749 g/mol. The van der Waals surface area contributed by atoms with Crippen molar-refractivity contribution >= 4 is 110 Å². The zero-order valence-corrected chi connectivity index (χ0v) is 33.8. The third-order valence-corrected chi connectivity index (χ3v) is 13.0. The Hall–Kier alpha value is -8.20. The zero-order valence-electron chi connectivity index (χ0n) is 33.8. The van der Waals surface area contributed by atoms with Crippen molar-refractivity contribution in [2.75, 3.05) is 9.80 Å². The summed E-state index contributed by atoms with van der Waals surface area (Å²) in [6.45, 7) is 0. The lowest BCUT2D eigenvalue weighted by molar-refractivity contribution is 1.29. The summed E-state index contributed by atoms with van der Waals surface area (Å²) in [6.07, 6.45) is 0. The molecule has 13 aromatic rings. The van der Waals surface area contributed by atoms with Crippen LogP contribution in [0.1, 0.15) is 0 Å². The van der Waals surface area contributed by atoms with Gasteiger partial charge in [-0.15, -0.1) is 0 Å². The van der Waals surface area contributed by atoms with E-state index < -0.39 is 0 Å². The van der Waals surface area contributed by atoms with E-state index in [0.717, 1.165) is 39.7 Å². The Bertz CT molecular complexity index is 3690. The number of fused-ring (bicyclic) bond motifs is 1. The fraction of sp³-hybridized carbons (Fsp3) is 0. The lowest BCUT2D eigenvalue weighted by Gasteiger charge is -2.29. The standard InChI is InChI=1S/C60H38N2/c1-3-17-48(18-4-1)61(51-35-44-28-24-39-12-9-13-40-25-29-45(36-51)59(44)57(39)40)50-21-11-16-43(34-50)53-32-33-56(55-23-8-7-22-54(53)55)62(49-19-5-2-6-20-49)52-37-46-30-26-41-14-10-15-42-27-31-47(38-52)60(46)58(41)42/h1-38H. The van der Waals surface area contributed by atoms with Crippen molar-refractivity contribution in [3.05, 3.63) is 231 Å². The van der Waals surface area contributed by atoms with Crippen LogP contribution < -0.4 is 9.80 Å². The maximum atomic E-state index is 2.43. The van der Waals surface area contributed by atoms with Gasteiger partial charge < -0.3 is 9.80 Å². The second kappa shape index (κ2) is 13.7. The number of anilines is 6. The molecular formula is C60H38N2. The second-order valence-corrected chi connectivity index (χ2v) is 16.5. The number of hydrogen-bond acceptors (Lipinski definition) is 2. The molecule has 0 aliphatic carbocycles. The van der Waals surface area contributed by atoms with E-state index in [1.807, 2.05) is 0 Å². The molecule has 0 aliphatic rings. The fourth-order valence-corrected chi connectivity index (χ4v) is 10.3. The van der Waals surface area contributed by atoms with Crippen molar-refractivity contribution in [2.24, 2.45) is 0 Å². The smallest absolute Gasteiger partial charge is 0.0540 e. The molecule has 2 nitrogen and oxygen atoms in total. The van der Waals surface area contributed by atoms with Gasteiger partial charge in [0.2, 0.25) is 0 Å². The molecule has 0 radical (unpaired) electrons. The summed E-state index contributed by atoms with van der Waals surface area (Å²) in [5.74, 6) is 0. The van der Waals surface area contributed by atoms with Gasteiger partial charge in [0, 0.05) is 33.8 Å². The van der Waals surface area contributed by atoms with Gasteiger partial charge in [0.05, 0.1) is 5.69 Å². The van der Waals surface area contributed by atoms with Crippen LogP contribution in [-0.4, -0.2) is 0 Å². The van der Waals surface area contributed by atoms with Crippen LogP contribution in [0.3, 0.4) is 0 Å². The van der Waals surface area contributed by atoms with E-state index in [2.05, 4.69) is 240 Å². The van der Waals surface area contributed by atoms with Crippen LogP contribution in [0.2, 0.25) is 0 Å². The van der Waals surface area contributed by atoms with Crippen LogP contribution >= 0.6 is 0 Å². The van der Waals surface area contributed by atoms with E-state index >= 15 is 0 Å². The SMILES string of the molecule is c1ccc(N(c2cccc(-c3ccc(N(c4ccccc4)c4cc5ccc6cccc7ccc(c4)c5c67)c4ccccc34)c2)c2cc3ccc4cccc5ccc(c2)c3c45)cc1. The Kier molecular flexibility index (Phi) is 7.64. The predicted molar refractivity (Wildman–Crippen MR) is 266 cm³/mol. The normalized spacial score (nSPS) is 11.9. The van der Waals surface area contributed by atoms with Gasteiger partial charge in [0.1, 0.15) is 0 Å². The molecule has 62 heavy (non-hydrogen) atoms. The predicted octanol–water partition coefficient (Wildman–Crippen LogP) is 17.2. The molecule has 13 aromatic carbocycles. The highest BCUT2D eigenvalue weighted by Crippen LogP contribution is 2.47. The molecule has 0 heterocycles. The molecule has 0 atom stereocenters. The average molecular weight is 787 g/mol. The largest absolute Gasteiger partial charge is 0.310 e. The molecule has 0 unspecified atom stereocenters. The van der Waals surface area contributed by atoms with Gasteiger partial charge >= 0.3 is 0 Å². The molecule has 0 fully saturated rings. The summed E-state index contributed by atoms with van der Waals surface area (Å²) in [5, 5.41) is 17.8. The molecule has 13 rings (SSSR count). The van der Waals surface area contributed by atoms with Crippen LogP contribution in [0.15, 0.2) is 231 Å². The molecule has 288 valence electrons. The monoisotopic (exact) mass is 786 g/mol. The first-order valence-corrected chi connectivity index (χ1v) is 21.4. The highest BCUT2D eigenvalue weighted by atomic mass is 15.1. The first kappa shape index (κ1) is 34.6. The Morgan fingerprint density at radius 2 is 0.629 bits per heavy atom. The van der Waals surface area contributed by atoms with Gasteiger partial charge in [-0.25, -0.2) is 0 Å². The summed E-state index contributed by atoms with van der Waals surface area (Å²) < 4.78 is 0. The highest BCUT2D eigenvalue weighted by molar-refractivity contribution is 6.25. The Morgan fingerprint density at radius 3 is 1.16 bits per heavy atom. The van der Waals surface area contributed by atoms with Gasteiger partial charge in [-0.2, -0.15) is 0 Å². The van der Waals surface area contributed by atoms with Crippen molar-refractivity contribution in [3.63, 3.8) is 0 Å². The minimum Gasteiger partial charge on any atom is -0.310 e. The Labute approximate surface area is 359 Å². The van der Waals surface area contributed by atoms with Crippen LogP contribution in [0.5, 0.6) is 0 Å². The first-order valence-electron chi connectivity index (χ1n) is 21.4. The summed E-state index contributed by atoms with van der Waals surface area (Å²) >= 11 is 0. The molecule has 0 saturated heterocycles. The Balaban J connectivity index is 0.971. The molecule has 0 bridgehead atoms. The van der Waals surface area contributed by atoms with E-state index in [9.17, 15) is 0 Å². The average Bonchev–Trinajstić information content (AvgIpc) is 3.33. The van der Waals surface area contributed by atoms with E-state index in [1.165, 1.54) is 81.0 Å². The molecule has 0 aliphatic heterocycles. The third kappa shape index (κ3) is 5.37. The van der Waals surface area contributed by atoms with E-state index in [4.69, 9.17) is 0 Å². The molecule has 0 N–H and O–H groups in total. The second-order valence-electron chi connectivity index (χ2n) is 16.5. The fourth-order valence-electron chi connectivity index (χ4n) is 10.3. The van der Waals surface area contributed by atoms with E-state index in [1.54, 1.807) is 0 Å². The van der Waals surface area contributed by atoms with Crippen LogP contribution in [0.4, 0.5) is 34.1 Å². The Morgan fingerprint density at radius 1 is 0.226 bits per heavy atom. The van der Waals surface area contributed by atoms with Gasteiger partial charge in [-0.3, -0.25) is 0 Å². The van der Waals surface area contributed by atoms with E-state index in [-0.39, 0.29) is 0 Å². The first-order chi connectivity index (χ1) is 30.7. The zero-order chi connectivity index (χ0) is 40.7. The van der Waals surface area contributed by atoms with Crippen molar-refractivity contribution in [2.45, 2.75) is 0 Å². The number of benzene rings is 13. The topological polar surface area (TPSA) is 6.48 Å². The number of rotatable bonds is 7. The lowest BCUT2D eigenvalue weighted by Crippen LogP contribution is -2.11. The number of para-hydroxylation sites is 2.